The van der Waals surface area contributed by atoms with Crippen LogP contribution >= 0.6 is 0 Å². The molecule has 1 aromatic rings. The summed E-state index contributed by atoms with van der Waals surface area (Å²) in [6, 6.07) is 6.40. The first-order valence-electron chi connectivity index (χ1n) is 4.99. The number of hydrogen-bond acceptors (Lipinski definition) is 4. The van der Waals surface area contributed by atoms with Crippen LogP contribution in [0.1, 0.15) is 28.8 Å². The Morgan fingerprint density at radius 3 is 2.59 bits per heavy atom. The number of ketones is 1. The fourth-order valence-electron chi connectivity index (χ4n) is 1.40. The standard InChI is InChI=1S/C12H11NO4/c13-7-6-8-2-1-3-9(12(8)17)10(14)4-5-11(15)16/h1-3,17H,4-6H2,(H,15,16). The summed E-state index contributed by atoms with van der Waals surface area (Å²) >= 11 is 0. The number of nitriles is 1. The number of carbonyl (C=O) groups excluding carboxylic acids is 1. The minimum absolute atomic E-state index is 0.00584. The van der Waals surface area contributed by atoms with Gasteiger partial charge in [0.05, 0.1) is 24.5 Å². The maximum atomic E-state index is 11.6. The molecule has 0 heterocycles. The van der Waals surface area contributed by atoms with E-state index in [0.717, 1.165) is 0 Å². The second kappa shape index (κ2) is 5.66. The molecule has 0 aliphatic carbocycles. The summed E-state index contributed by atoms with van der Waals surface area (Å²) in [7, 11) is 0. The summed E-state index contributed by atoms with van der Waals surface area (Å²) in [6.45, 7) is 0. The lowest BCUT2D eigenvalue weighted by Gasteiger charge is -2.06. The Labute approximate surface area is 97.9 Å². The number of carboxylic acid groups (broad SMARTS) is 1. The average molecular weight is 233 g/mol. The van der Waals surface area contributed by atoms with Crippen LogP contribution in [-0.4, -0.2) is 22.0 Å². The molecule has 0 fully saturated rings. The Kier molecular flexibility index (Phi) is 4.23. The maximum Gasteiger partial charge on any atom is 0.303 e. The number of phenolic OH excluding ortho intramolecular Hbond substituents is 1. The molecule has 0 saturated heterocycles. The van der Waals surface area contributed by atoms with E-state index in [0.29, 0.717) is 5.56 Å². The van der Waals surface area contributed by atoms with Crippen LogP contribution in [-0.2, 0) is 11.2 Å². The molecule has 0 unspecified atom stereocenters. The molecule has 0 saturated carbocycles. The van der Waals surface area contributed by atoms with Gasteiger partial charge in [0.25, 0.3) is 0 Å². The number of carbonyl (C=O) groups is 2. The normalized spacial score (nSPS) is 9.59. The van der Waals surface area contributed by atoms with Crippen molar-refractivity contribution in [1.29, 1.82) is 5.26 Å². The molecule has 0 bridgehead atoms. The van der Waals surface area contributed by atoms with Crippen LogP contribution in [0.4, 0.5) is 0 Å². The molecular weight excluding hydrogens is 222 g/mol. The van der Waals surface area contributed by atoms with E-state index in [2.05, 4.69) is 0 Å². The predicted molar refractivity (Wildman–Crippen MR) is 58.6 cm³/mol. The van der Waals surface area contributed by atoms with Gasteiger partial charge in [0.2, 0.25) is 0 Å². The zero-order valence-corrected chi connectivity index (χ0v) is 9.01. The van der Waals surface area contributed by atoms with Crippen LogP contribution < -0.4 is 0 Å². The molecule has 17 heavy (non-hydrogen) atoms. The van der Waals surface area contributed by atoms with Crippen LogP contribution in [0.2, 0.25) is 0 Å². The number of benzene rings is 1. The molecule has 1 aromatic carbocycles. The van der Waals surface area contributed by atoms with Crippen molar-refractivity contribution in [2.45, 2.75) is 19.3 Å². The number of hydrogen-bond donors (Lipinski definition) is 2. The van der Waals surface area contributed by atoms with Gasteiger partial charge in [-0.2, -0.15) is 5.26 Å². The third-order valence-corrected chi connectivity index (χ3v) is 2.26. The van der Waals surface area contributed by atoms with Crippen LogP contribution in [0, 0.1) is 11.3 Å². The van der Waals surface area contributed by atoms with Gasteiger partial charge in [-0.3, -0.25) is 9.59 Å². The minimum atomic E-state index is -1.06. The summed E-state index contributed by atoms with van der Waals surface area (Å²) < 4.78 is 0. The summed E-state index contributed by atoms with van der Waals surface area (Å²) in [6.07, 6.45) is -0.439. The SMILES string of the molecule is N#CCc1cccc(C(=O)CCC(=O)O)c1O. The van der Waals surface area contributed by atoms with Crippen LogP contribution in [0.5, 0.6) is 5.75 Å². The third-order valence-electron chi connectivity index (χ3n) is 2.26. The molecule has 5 heteroatoms. The molecule has 0 aromatic heterocycles. The first-order chi connectivity index (χ1) is 8.06. The topological polar surface area (TPSA) is 98.4 Å². The first-order valence-corrected chi connectivity index (χ1v) is 4.99. The molecule has 2 N–H and O–H groups in total. The lowest BCUT2D eigenvalue weighted by atomic mass is 10.0. The van der Waals surface area contributed by atoms with Gasteiger partial charge in [-0.1, -0.05) is 12.1 Å². The van der Waals surface area contributed by atoms with Crippen molar-refractivity contribution in [3.8, 4) is 11.8 Å². The smallest absolute Gasteiger partial charge is 0.303 e. The van der Waals surface area contributed by atoms with Gasteiger partial charge in [0, 0.05) is 12.0 Å². The average Bonchev–Trinajstić information content (AvgIpc) is 2.29. The second-order valence-corrected chi connectivity index (χ2v) is 3.47. The van der Waals surface area contributed by atoms with E-state index in [1.54, 1.807) is 12.1 Å². The molecular formula is C12H11NO4. The highest BCUT2D eigenvalue weighted by atomic mass is 16.4. The van der Waals surface area contributed by atoms with E-state index >= 15 is 0 Å². The van der Waals surface area contributed by atoms with Gasteiger partial charge in [-0.05, 0) is 6.07 Å². The molecule has 0 spiro atoms. The van der Waals surface area contributed by atoms with Crippen molar-refractivity contribution in [1.82, 2.24) is 0 Å². The van der Waals surface area contributed by atoms with Gasteiger partial charge in [-0.25, -0.2) is 0 Å². The monoisotopic (exact) mass is 233 g/mol. The van der Waals surface area contributed by atoms with Crippen molar-refractivity contribution in [2.24, 2.45) is 0 Å². The Hall–Kier alpha value is -2.35. The Bertz CT molecular complexity index is 488. The van der Waals surface area contributed by atoms with Crippen molar-refractivity contribution in [2.75, 3.05) is 0 Å². The Morgan fingerprint density at radius 2 is 2.00 bits per heavy atom. The van der Waals surface area contributed by atoms with Gasteiger partial charge in [0.15, 0.2) is 5.78 Å². The zero-order valence-electron chi connectivity index (χ0n) is 9.01. The van der Waals surface area contributed by atoms with Crippen molar-refractivity contribution < 1.29 is 19.8 Å². The number of Topliss-reactive ketones (excluding diaryl/α,β-unsaturated/α-hetero) is 1. The van der Waals surface area contributed by atoms with E-state index in [1.807, 2.05) is 6.07 Å². The lowest BCUT2D eigenvalue weighted by Crippen LogP contribution is -2.04. The highest BCUT2D eigenvalue weighted by molar-refractivity contribution is 6.00. The zero-order chi connectivity index (χ0) is 12.8. The third kappa shape index (κ3) is 3.31. The molecule has 5 nitrogen and oxygen atoms in total. The lowest BCUT2D eigenvalue weighted by molar-refractivity contribution is -0.136. The molecule has 0 atom stereocenters. The predicted octanol–water partition coefficient (Wildman–Crippen LogP) is 1.51. The van der Waals surface area contributed by atoms with E-state index in [4.69, 9.17) is 10.4 Å². The van der Waals surface area contributed by atoms with Gasteiger partial charge >= 0.3 is 5.97 Å². The summed E-state index contributed by atoms with van der Waals surface area (Å²) in [5, 5.41) is 26.7. The van der Waals surface area contributed by atoms with Crippen LogP contribution in [0.3, 0.4) is 0 Å². The molecule has 0 amide bonds. The fourth-order valence-corrected chi connectivity index (χ4v) is 1.40. The molecule has 1 rings (SSSR count). The Balaban J connectivity index is 2.91. The Morgan fingerprint density at radius 1 is 1.29 bits per heavy atom. The number of aliphatic carboxylic acids is 1. The van der Waals surface area contributed by atoms with Crippen LogP contribution in [0.15, 0.2) is 18.2 Å². The van der Waals surface area contributed by atoms with E-state index in [1.165, 1.54) is 6.07 Å². The maximum absolute atomic E-state index is 11.6. The number of nitrogens with zero attached hydrogens (tertiary/aromatic N) is 1. The second-order valence-electron chi connectivity index (χ2n) is 3.47. The quantitative estimate of drug-likeness (QED) is 0.751. The molecule has 88 valence electrons. The summed E-state index contributed by atoms with van der Waals surface area (Å²) in [4.78, 5) is 22.0. The highest BCUT2D eigenvalue weighted by Crippen LogP contribution is 2.24. The van der Waals surface area contributed by atoms with Crippen molar-refractivity contribution in [3.05, 3.63) is 29.3 Å². The number of rotatable bonds is 5. The van der Waals surface area contributed by atoms with Crippen molar-refractivity contribution >= 4 is 11.8 Å². The number of carboxylic acids is 1. The first kappa shape index (κ1) is 12.7. The van der Waals surface area contributed by atoms with Gasteiger partial charge in [-0.15, -0.1) is 0 Å². The van der Waals surface area contributed by atoms with E-state index in [9.17, 15) is 14.7 Å². The summed E-state index contributed by atoms with van der Waals surface area (Å²) in [5.41, 5.74) is 0.438. The van der Waals surface area contributed by atoms with Gasteiger partial charge in [0.1, 0.15) is 5.75 Å². The number of para-hydroxylation sites is 1. The van der Waals surface area contributed by atoms with Gasteiger partial charge < -0.3 is 10.2 Å². The minimum Gasteiger partial charge on any atom is -0.507 e. The number of aromatic hydroxyl groups is 1. The highest BCUT2D eigenvalue weighted by Gasteiger charge is 2.14. The fraction of sp³-hybridized carbons (Fsp3) is 0.250. The summed E-state index contributed by atoms with van der Waals surface area (Å²) in [5.74, 6) is -1.74. The number of phenols is 1. The molecule has 0 radical (unpaired) electrons. The van der Waals surface area contributed by atoms with E-state index < -0.39 is 11.8 Å². The van der Waals surface area contributed by atoms with Crippen molar-refractivity contribution in [3.63, 3.8) is 0 Å². The van der Waals surface area contributed by atoms with E-state index in [-0.39, 0.29) is 30.6 Å². The molecule has 0 aliphatic rings. The largest absolute Gasteiger partial charge is 0.507 e. The van der Waals surface area contributed by atoms with Crippen LogP contribution in [0.25, 0.3) is 0 Å². The molecule has 0 aliphatic heterocycles.